The van der Waals surface area contributed by atoms with Gasteiger partial charge in [0.2, 0.25) is 5.78 Å². The highest BCUT2D eigenvalue weighted by Crippen LogP contribution is 2.66. The number of rotatable bonds is 12. The first-order chi connectivity index (χ1) is 23.4. The summed E-state index contributed by atoms with van der Waals surface area (Å²) in [6, 6.07) is 3.44. The van der Waals surface area contributed by atoms with Crippen LogP contribution in [-0.4, -0.2) is 33.8 Å². The lowest BCUT2D eigenvalue weighted by atomic mass is 9.71. The summed E-state index contributed by atoms with van der Waals surface area (Å²) in [5, 5.41) is -0.417. The van der Waals surface area contributed by atoms with Crippen molar-refractivity contribution in [1.29, 1.82) is 0 Å². The van der Waals surface area contributed by atoms with Gasteiger partial charge in [0.05, 0.1) is 34.2 Å². The standard InChI is InChI=1S/C25H27Cl2N3O17P4/c1-12-10-30(24(33)29-23(12)32)19-7-5-14(43-19)11-42-48(34,35)45-50(38,39)47-51(40,41)46-49(36,37)44-13-4-6-17-15(8-13)25(2,3)20-18(28-17)9-16(26)22(31)21(20)27/h4,6,8-10,14,19H,5,7,11H2,1-3H3,(H,34,35)(H,36,37)(H,38,39)(H,40,41)(H,29,32,33)/p-4/t14-,19+/m0/s1. The van der Waals surface area contributed by atoms with Crippen molar-refractivity contribution in [2.24, 2.45) is 4.99 Å². The average Bonchev–Trinajstić information content (AvgIpc) is 3.44. The summed E-state index contributed by atoms with van der Waals surface area (Å²) in [4.78, 5) is 91.5. The van der Waals surface area contributed by atoms with Gasteiger partial charge in [-0.15, -0.1) is 0 Å². The molecule has 0 radical (unpaired) electrons. The molecule has 5 rings (SSSR count). The summed E-state index contributed by atoms with van der Waals surface area (Å²) in [6.07, 6.45) is 0.792. The van der Waals surface area contributed by atoms with Crippen molar-refractivity contribution in [3.05, 3.63) is 78.1 Å². The number of H-pyrrole nitrogens is 1. The molecule has 6 atom stereocenters. The number of allylic oxidation sites excluding steroid dienone is 4. The maximum absolute atomic E-state index is 12.5. The lowest BCUT2D eigenvalue weighted by molar-refractivity contribution is -0.253. The molecular formula is C25H23Cl2N3O17P4-4. The van der Waals surface area contributed by atoms with Gasteiger partial charge in [-0.1, -0.05) is 37.0 Å². The molecule has 0 spiro atoms. The van der Waals surface area contributed by atoms with Gasteiger partial charge in [0.1, 0.15) is 12.0 Å². The Labute approximate surface area is 296 Å². The third kappa shape index (κ3) is 9.07. The van der Waals surface area contributed by atoms with Gasteiger partial charge in [-0.25, -0.2) is 22.7 Å². The van der Waals surface area contributed by atoms with E-state index in [0.29, 0.717) is 0 Å². The molecule has 1 saturated heterocycles. The summed E-state index contributed by atoms with van der Waals surface area (Å²) in [6.45, 7) is 3.81. The van der Waals surface area contributed by atoms with E-state index in [0.717, 1.165) is 16.7 Å². The molecule has 3 heterocycles. The number of hydrogen-bond donors (Lipinski definition) is 1. The number of carbonyl (C=O) groups excluding carboxylic acids is 1. The van der Waals surface area contributed by atoms with Gasteiger partial charge in [-0.3, -0.25) is 37.4 Å². The molecule has 1 fully saturated rings. The molecule has 2 aromatic rings. The number of aliphatic imine (C=N–C) groups is 1. The molecule has 2 aliphatic heterocycles. The van der Waals surface area contributed by atoms with E-state index in [1.807, 2.05) is 0 Å². The molecular weight excluding hydrogens is 809 g/mol. The topological polar surface area (TPSA) is 300 Å². The van der Waals surface area contributed by atoms with Crippen LogP contribution in [0.15, 0.2) is 60.7 Å². The summed E-state index contributed by atoms with van der Waals surface area (Å²) >= 11 is 12.2. The highest BCUT2D eigenvalue weighted by Gasteiger charge is 2.41. The average molecular weight is 832 g/mol. The predicted molar refractivity (Wildman–Crippen MR) is 168 cm³/mol. The fourth-order valence-corrected chi connectivity index (χ4v) is 10.7. The van der Waals surface area contributed by atoms with Gasteiger partial charge in [0, 0.05) is 22.7 Å². The van der Waals surface area contributed by atoms with Crippen LogP contribution in [0.4, 0.5) is 5.69 Å². The van der Waals surface area contributed by atoms with E-state index in [9.17, 15) is 52.2 Å². The van der Waals surface area contributed by atoms with E-state index < -0.39 is 78.4 Å². The van der Waals surface area contributed by atoms with E-state index in [2.05, 4.69) is 32.0 Å². The van der Waals surface area contributed by atoms with Crippen LogP contribution in [0.2, 0.25) is 0 Å². The second-order valence-corrected chi connectivity index (χ2v) is 18.3. The van der Waals surface area contributed by atoms with Crippen LogP contribution < -0.4 is 35.3 Å². The van der Waals surface area contributed by atoms with Crippen LogP contribution >= 0.6 is 54.5 Å². The van der Waals surface area contributed by atoms with Gasteiger partial charge >= 0.3 is 13.5 Å². The lowest BCUT2D eigenvalue weighted by Gasteiger charge is -2.37. The van der Waals surface area contributed by atoms with Crippen molar-refractivity contribution in [3.8, 4) is 5.75 Å². The molecule has 1 aliphatic carbocycles. The Hall–Kier alpha value is -2.34. The van der Waals surface area contributed by atoms with Gasteiger partial charge in [-0.2, -0.15) is 0 Å². The highest BCUT2D eigenvalue weighted by molar-refractivity contribution is 7.68. The van der Waals surface area contributed by atoms with Crippen molar-refractivity contribution in [2.45, 2.75) is 51.4 Å². The van der Waals surface area contributed by atoms with E-state index >= 15 is 0 Å². The van der Waals surface area contributed by atoms with Crippen molar-refractivity contribution >= 4 is 71.7 Å². The Kier molecular flexibility index (Phi) is 11.1. The molecule has 278 valence electrons. The third-order valence-electron chi connectivity index (χ3n) is 7.44. The lowest BCUT2D eigenvalue weighted by Crippen LogP contribution is -2.33. The number of phosphoric acid groups is 4. The number of ether oxygens (including phenoxy) is 1. The van der Waals surface area contributed by atoms with Crippen LogP contribution in [0.25, 0.3) is 0 Å². The molecule has 3 aliphatic rings. The van der Waals surface area contributed by atoms with Crippen molar-refractivity contribution in [1.82, 2.24) is 9.55 Å². The zero-order valence-electron chi connectivity index (χ0n) is 26.0. The van der Waals surface area contributed by atoms with Crippen molar-refractivity contribution in [2.75, 3.05) is 6.61 Å². The first-order valence-electron chi connectivity index (χ1n) is 14.1. The number of phosphoric ester groups is 2. The number of nitrogens with zero attached hydrogens (tertiary/aromatic N) is 2. The minimum atomic E-state index is -6.49. The van der Waals surface area contributed by atoms with E-state index in [4.69, 9.17) is 27.9 Å². The van der Waals surface area contributed by atoms with Crippen LogP contribution in [0, 0.1) is 6.92 Å². The smallest absolute Gasteiger partial charge is 0.330 e. The van der Waals surface area contributed by atoms with Crippen LogP contribution in [0.5, 0.6) is 5.75 Å². The van der Waals surface area contributed by atoms with Crippen molar-refractivity contribution < 1.29 is 69.3 Å². The Morgan fingerprint density at radius 1 is 0.980 bits per heavy atom. The number of aromatic nitrogens is 2. The highest BCUT2D eigenvalue weighted by atomic mass is 35.5. The SMILES string of the molecule is Cc1cn([C@H]2CC[C@@H](COP(=O)([O-])OP(=O)([O-])OP(=O)([O-])OP(=O)([O-])Oc3ccc4c(c3)C(C)(C)C3=C(Cl)C(=O)C(Cl)=CC3=N4)O2)c(=O)[nH]c1=O. The fourth-order valence-electron chi connectivity index (χ4n) is 5.26. The number of hydrogen-bond acceptors (Lipinski definition) is 18. The maximum Gasteiger partial charge on any atom is 0.330 e. The monoisotopic (exact) mass is 831 g/mol. The largest absolute Gasteiger partial charge is 0.756 e. The Morgan fingerprint density at radius 3 is 2.27 bits per heavy atom. The second kappa shape index (κ2) is 14.1. The number of fused-ring (bicyclic) bond motifs is 2. The number of carbonyl (C=O) groups is 1. The van der Waals surface area contributed by atoms with E-state index in [1.165, 1.54) is 25.3 Å². The third-order valence-corrected chi connectivity index (χ3v) is 13.8. The quantitative estimate of drug-likeness (QED) is 0.236. The number of halogens is 2. The summed E-state index contributed by atoms with van der Waals surface area (Å²) < 4.78 is 75.8. The summed E-state index contributed by atoms with van der Waals surface area (Å²) in [7, 11) is -24.9. The number of Topliss-reactive ketones (excluding diaryl/α,β-unsaturated/α-hetero) is 1. The van der Waals surface area contributed by atoms with Gasteiger partial charge < -0.3 is 33.4 Å². The molecule has 0 bridgehead atoms. The molecule has 1 N–H and O–H groups in total. The molecule has 26 heteroatoms. The number of ketones is 1. The van der Waals surface area contributed by atoms with Gasteiger partial charge in [0.25, 0.3) is 29.0 Å². The molecule has 0 saturated carbocycles. The zero-order chi connectivity index (χ0) is 37.9. The number of aryl methyl sites for hydroxylation is 1. The number of benzene rings is 1. The van der Waals surface area contributed by atoms with Crippen LogP contribution in [0.1, 0.15) is 44.0 Å². The minimum Gasteiger partial charge on any atom is -0.756 e. The Balaban J connectivity index is 1.20. The minimum absolute atomic E-state index is 0.0939. The first-order valence-corrected chi connectivity index (χ1v) is 20.7. The van der Waals surface area contributed by atoms with Gasteiger partial charge in [0.15, 0.2) is 0 Å². The van der Waals surface area contributed by atoms with E-state index in [1.54, 1.807) is 13.8 Å². The molecule has 4 unspecified atom stereocenters. The maximum atomic E-state index is 12.5. The summed E-state index contributed by atoms with van der Waals surface area (Å²) in [5.74, 6) is -1.23. The van der Waals surface area contributed by atoms with Crippen molar-refractivity contribution in [3.63, 3.8) is 0 Å². The number of nitrogens with one attached hydrogen (secondary N) is 1. The molecule has 20 nitrogen and oxygen atoms in total. The van der Waals surface area contributed by atoms with Crippen LogP contribution in [0.3, 0.4) is 0 Å². The van der Waals surface area contributed by atoms with Crippen LogP contribution in [-0.2, 0) is 50.7 Å². The second-order valence-electron chi connectivity index (χ2n) is 11.5. The molecule has 1 aromatic heterocycles. The molecule has 1 aromatic carbocycles. The molecule has 51 heavy (non-hydrogen) atoms. The normalized spacial score (nSPS) is 24.6. The van der Waals surface area contributed by atoms with E-state index in [-0.39, 0.29) is 51.0 Å². The Morgan fingerprint density at radius 2 is 1.61 bits per heavy atom. The molecule has 0 amide bonds. The number of aromatic amines is 1. The fraction of sp³-hybridized carbons (Fsp3) is 0.360. The summed E-state index contributed by atoms with van der Waals surface area (Å²) in [5.41, 5.74) is -1.28. The van der Waals surface area contributed by atoms with Gasteiger partial charge in [-0.05, 0) is 49.6 Å². The Bertz CT molecular complexity index is 2230. The predicted octanol–water partition coefficient (Wildman–Crippen LogP) is 2.10. The first kappa shape index (κ1) is 39.9. The zero-order valence-corrected chi connectivity index (χ0v) is 31.1.